The number of hydrogen-bond donors (Lipinski definition) is 3. The van der Waals surface area contributed by atoms with Gasteiger partial charge < -0.3 is 15.5 Å². The Labute approximate surface area is 117 Å². The summed E-state index contributed by atoms with van der Waals surface area (Å²) in [4.78, 5) is 0. The first kappa shape index (κ1) is 14.3. The van der Waals surface area contributed by atoms with Gasteiger partial charge in [-0.05, 0) is 37.1 Å². The van der Waals surface area contributed by atoms with Gasteiger partial charge in [0.05, 0.1) is 6.04 Å². The van der Waals surface area contributed by atoms with Crippen LogP contribution >= 0.6 is 0 Å². The molecule has 3 N–H and O–H groups in total. The van der Waals surface area contributed by atoms with E-state index in [2.05, 4.69) is 5.32 Å². The fourth-order valence-corrected chi connectivity index (χ4v) is 2.09. The molecule has 3 nitrogen and oxygen atoms in total. The summed E-state index contributed by atoms with van der Waals surface area (Å²) in [7, 11) is 0. The van der Waals surface area contributed by atoms with Crippen LogP contribution in [0.2, 0.25) is 0 Å². The molecule has 0 saturated carbocycles. The highest BCUT2D eigenvalue weighted by molar-refractivity contribution is 5.47. The van der Waals surface area contributed by atoms with E-state index in [4.69, 9.17) is 5.11 Å². The molecule has 0 aromatic heterocycles. The Kier molecular flexibility index (Phi) is 4.58. The average Bonchev–Trinajstić information content (AvgIpc) is 2.41. The van der Waals surface area contributed by atoms with Crippen molar-refractivity contribution in [1.82, 2.24) is 0 Å². The molecule has 1 atom stereocenters. The Hall–Kier alpha value is -2.07. The summed E-state index contributed by atoms with van der Waals surface area (Å²) in [6.45, 7) is 1.99. The summed E-state index contributed by atoms with van der Waals surface area (Å²) in [5.41, 5.74) is 2.44. The van der Waals surface area contributed by atoms with Crippen LogP contribution in [0.3, 0.4) is 0 Å². The van der Waals surface area contributed by atoms with Crippen molar-refractivity contribution in [1.29, 1.82) is 0 Å². The van der Waals surface area contributed by atoms with Crippen molar-refractivity contribution in [3.05, 3.63) is 59.4 Å². The minimum Gasteiger partial charge on any atom is -0.508 e. The van der Waals surface area contributed by atoms with Crippen molar-refractivity contribution in [2.45, 2.75) is 19.4 Å². The third kappa shape index (κ3) is 3.48. The van der Waals surface area contributed by atoms with Gasteiger partial charge in [-0.25, -0.2) is 4.39 Å². The summed E-state index contributed by atoms with van der Waals surface area (Å²) in [6.07, 6.45) is 0.627. The van der Waals surface area contributed by atoms with Gasteiger partial charge in [-0.2, -0.15) is 0 Å². The van der Waals surface area contributed by atoms with Crippen molar-refractivity contribution in [3.8, 4) is 5.75 Å². The molecule has 0 fully saturated rings. The van der Waals surface area contributed by atoms with E-state index in [-0.39, 0.29) is 18.4 Å². The van der Waals surface area contributed by atoms with Crippen LogP contribution in [-0.2, 0) is 6.42 Å². The van der Waals surface area contributed by atoms with Gasteiger partial charge in [-0.1, -0.05) is 18.2 Å². The van der Waals surface area contributed by atoms with E-state index in [0.717, 1.165) is 17.3 Å². The molecule has 0 heterocycles. The summed E-state index contributed by atoms with van der Waals surface area (Å²) in [6, 6.07) is 11.6. The molecule has 2 aromatic rings. The highest BCUT2D eigenvalue weighted by Gasteiger charge is 2.11. The first-order valence-corrected chi connectivity index (χ1v) is 6.55. The summed E-state index contributed by atoms with van der Waals surface area (Å²) in [5.74, 6) is -0.506. The second kappa shape index (κ2) is 6.39. The van der Waals surface area contributed by atoms with Gasteiger partial charge in [0.25, 0.3) is 0 Å². The van der Waals surface area contributed by atoms with Crippen molar-refractivity contribution < 1.29 is 14.6 Å². The van der Waals surface area contributed by atoms with Gasteiger partial charge in [-0.15, -0.1) is 0 Å². The monoisotopic (exact) mass is 275 g/mol. The topological polar surface area (TPSA) is 52.5 Å². The number of phenols is 1. The van der Waals surface area contributed by atoms with Gasteiger partial charge in [0, 0.05) is 23.9 Å². The van der Waals surface area contributed by atoms with Gasteiger partial charge in [0.1, 0.15) is 11.6 Å². The van der Waals surface area contributed by atoms with E-state index >= 15 is 0 Å². The Morgan fingerprint density at radius 3 is 2.45 bits per heavy atom. The second-order valence-corrected chi connectivity index (χ2v) is 4.74. The molecule has 20 heavy (non-hydrogen) atoms. The predicted octanol–water partition coefficient (Wildman–Crippen LogP) is 3.24. The molecule has 0 radical (unpaired) electrons. The van der Waals surface area contributed by atoms with Crippen LogP contribution in [0.15, 0.2) is 42.5 Å². The molecule has 0 saturated heterocycles. The largest absolute Gasteiger partial charge is 0.508 e. The number of aliphatic hydroxyl groups is 1. The number of halogens is 1. The molecular weight excluding hydrogens is 257 g/mol. The minimum atomic E-state index is -0.429. The SMILES string of the molecule is CC(Nc1ccc(CCO)cc1)c1ccc(O)cc1F. The maximum Gasteiger partial charge on any atom is 0.132 e. The lowest BCUT2D eigenvalue weighted by molar-refractivity contribution is 0.299. The lowest BCUT2D eigenvalue weighted by Crippen LogP contribution is -2.08. The molecule has 0 aliphatic rings. The van der Waals surface area contributed by atoms with Crippen LogP contribution in [0.5, 0.6) is 5.75 Å². The second-order valence-electron chi connectivity index (χ2n) is 4.74. The van der Waals surface area contributed by atoms with E-state index in [1.54, 1.807) is 6.07 Å². The number of anilines is 1. The Morgan fingerprint density at radius 2 is 1.85 bits per heavy atom. The Morgan fingerprint density at radius 1 is 1.15 bits per heavy atom. The lowest BCUT2D eigenvalue weighted by atomic mass is 10.1. The standard InChI is InChI=1S/C16H18FNO2/c1-11(15-7-6-14(20)10-16(15)17)18-13-4-2-12(3-5-13)8-9-19/h2-7,10-11,18-20H,8-9H2,1H3. The summed E-state index contributed by atoms with van der Waals surface area (Å²) in [5, 5.41) is 21.3. The number of nitrogens with one attached hydrogen (secondary N) is 1. The molecule has 2 rings (SSSR count). The fourth-order valence-electron chi connectivity index (χ4n) is 2.09. The summed E-state index contributed by atoms with van der Waals surface area (Å²) >= 11 is 0. The zero-order valence-corrected chi connectivity index (χ0v) is 11.3. The van der Waals surface area contributed by atoms with Crippen molar-refractivity contribution in [2.75, 3.05) is 11.9 Å². The third-order valence-corrected chi connectivity index (χ3v) is 3.19. The van der Waals surface area contributed by atoms with Crippen molar-refractivity contribution in [3.63, 3.8) is 0 Å². The van der Waals surface area contributed by atoms with E-state index in [1.807, 2.05) is 31.2 Å². The number of phenolic OH excluding ortho intramolecular Hbond substituents is 1. The number of benzene rings is 2. The van der Waals surface area contributed by atoms with E-state index in [9.17, 15) is 9.50 Å². The van der Waals surface area contributed by atoms with Gasteiger partial charge in [0.2, 0.25) is 0 Å². The molecule has 106 valence electrons. The van der Waals surface area contributed by atoms with E-state index in [1.165, 1.54) is 6.07 Å². The first-order chi connectivity index (χ1) is 9.60. The predicted molar refractivity (Wildman–Crippen MR) is 77.3 cm³/mol. The first-order valence-electron chi connectivity index (χ1n) is 6.55. The lowest BCUT2D eigenvalue weighted by Gasteiger charge is -2.17. The highest BCUT2D eigenvalue weighted by atomic mass is 19.1. The molecule has 0 bridgehead atoms. The van der Waals surface area contributed by atoms with Crippen molar-refractivity contribution in [2.24, 2.45) is 0 Å². The smallest absolute Gasteiger partial charge is 0.132 e. The summed E-state index contributed by atoms with van der Waals surface area (Å²) < 4.78 is 13.7. The number of hydrogen-bond acceptors (Lipinski definition) is 3. The number of aliphatic hydroxyl groups excluding tert-OH is 1. The van der Waals surface area contributed by atoms with Crippen LogP contribution in [0.4, 0.5) is 10.1 Å². The molecule has 0 amide bonds. The molecule has 0 spiro atoms. The highest BCUT2D eigenvalue weighted by Crippen LogP contribution is 2.24. The minimum absolute atomic E-state index is 0.0770. The normalized spacial score (nSPS) is 12.2. The van der Waals surface area contributed by atoms with Crippen molar-refractivity contribution >= 4 is 5.69 Å². The van der Waals surface area contributed by atoms with Crippen LogP contribution in [-0.4, -0.2) is 16.8 Å². The van der Waals surface area contributed by atoms with Gasteiger partial charge in [0.15, 0.2) is 0 Å². The number of aromatic hydroxyl groups is 1. The molecular formula is C16H18FNO2. The van der Waals surface area contributed by atoms with Crippen LogP contribution in [0.1, 0.15) is 24.1 Å². The van der Waals surface area contributed by atoms with Crippen LogP contribution < -0.4 is 5.32 Å². The maximum absolute atomic E-state index is 13.7. The van der Waals surface area contributed by atoms with Gasteiger partial charge in [-0.3, -0.25) is 0 Å². The quantitative estimate of drug-likeness (QED) is 0.785. The molecule has 4 heteroatoms. The van der Waals surface area contributed by atoms with Crippen LogP contribution in [0, 0.1) is 5.82 Å². The average molecular weight is 275 g/mol. The van der Waals surface area contributed by atoms with Crippen LogP contribution in [0.25, 0.3) is 0 Å². The maximum atomic E-state index is 13.7. The van der Waals surface area contributed by atoms with E-state index in [0.29, 0.717) is 12.0 Å². The van der Waals surface area contributed by atoms with E-state index < -0.39 is 5.82 Å². The van der Waals surface area contributed by atoms with Gasteiger partial charge >= 0.3 is 0 Å². The molecule has 1 unspecified atom stereocenters. The Balaban J connectivity index is 2.08. The number of rotatable bonds is 5. The molecule has 2 aromatic carbocycles. The molecule has 0 aliphatic carbocycles. The zero-order chi connectivity index (χ0) is 14.5. The molecule has 0 aliphatic heterocycles. The Bertz CT molecular complexity index is 569. The fraction of sp³-hybridized carbons (Fsp3) is 0.250. The zero-order valence-electron chi connectivity index (χ0n) is 11.3. The third-order valence-electron chi connectivity index (χ3n) is 3.19.